The van der Waals surface area contributed by atoms with E-state index in [-0.39, 0.29) is 5.97 Å². The Morgan fingerprint density at radius 1 is 1.72 bits per heavy atom. The third-order valence-corrected chi connectivity index (χ3v) is 2.74. The molecule has 0 bridgehead atoms. The Kier molecular flexibility index (Phi) is 3.86. The van der Waals surface area contributed by atoms with Crippen molar-refractivity contribution in [1.29, 1.82) is 0 Å². The van der Waals surface area contributed by atoms with Gasteiger partial charge in [0.25, 0.3) is 0 Å². The minimum atomic E-state index is -0.600. The van der Waals surface area contributed by atoms with Crippen molar-refractivity contribution < 1.29 is 9.53 Å². The number of esters is 1. The monoisotopic (exact) mass is 263 g/mol. The summed E-state index contributed by atoms with van der Waals surface area (Å²) < 4.78 is 4.99. The van der Waals surface area contributed by atoms with Crippen molar-refractivity contribution in [2.45, 2.75) is 19.4 Å². The molecule has 1 atom stereocenters. The van der Waals surface area contributed by atoms with E-state index < -0.39 is 6.04 Å². The first-order valence-corrected chi connectivity index (χ1v) is 5.90. The maximum Gasteiger partial charge on any atom is 0.331 e. The molecule has 1 aliphatic heterocycles. The van der Waals surface area contributed by atoms with E-state index in [0.717, 1.165) is 0 Å². The average Bonchev–Trinajstić information content (AvgIpc) is 2.72. The number of nitrogens with zero attached hydrogens (tertiary/aromatic N) is 3. The van der Waals surface area contributed by atoms with Crippen LogP contribution in [-0.2, 0) is 9.53 Å². The maximum atomic E-state index is 11.8. The second-order valence-electron chi connectivity index (χ2n) is 3.72. The molecular weight excluding hydrogens is 252 g/mol. The van der Waals surface area contributed by atoms with Gasteiger partial charge in [-0.3, -0.25) is 0 Å². The van der Waals surface area contributed by atoms with Crippen molar-refractivity contribution in [3.8, 4) is 0 Å². The van der Waals surface area contributed by atoms with Crippen LogP contribution in [0.2, 0.25) is 5.02 Å². The fourth-order valence-electron chi connectivity index (χ4n) is 1.70. The molecule has 0 saturated heterocycles. The molecule has 0 aliphatic carbocycles. The van der Waals surface area contributed by atoms with E-state index in [1.165, 1.54) is 5.01 Å². The molecule has 1 aromatic rings. The molecule has 92 valence electrons. The van der Waals surface area contributed by atoms with Crippen molar-refractivity contribution in [2.75, 3.05) is 11.6 Å². The highest BCUT2D eigenvalue weighted by atomic mass is 35.5. The van der Waals surface area contributed by atoms with Gasteiger partial charge >= 0.3 is 5.97 Å². The predicted octanol–water partition coefficient (Wildman–Crippen LogP) is 1.36. The molecule has 2 heterocycles. The molecule has 5 nitrogen and oxygen atoms in total. The van der Waals surface area contributed by atoms with Crippen LogP contribution in [0.1, 0.15) is 13.3 Å². The summed E-state index contributed by atoms with van der Waals surface area (Å²) in [4.78, 5) is 15.9. The Bertz CT molecular complexity index is 495. The Labute approximate surface area is 111 Å². The molecule has 2 radical (unpaired) electrons. The van der Waals surface area contributed by atoms with Gasteiger partial charge in [-0.1, -0.05) is 11.6 Å². The van der Waals surface area contributed by atoms with Gasteiger partial charge < -0.3 is 4.74 Å². The highest BCUT2D eigenvalue weighted by Gasteiger charge is 2.34. The van der Waals surface area contributed by atoms with Crippen LogP contribution in [0.3, 0.4) is 0 Å². The molecule has 0 amide bonds. The number of carbonyl (C=O) groups is 1. The number of ether oxygens (including phenoxy) is 1. The smallest absolute Gasteiger partial charge is 0.331 e. The van der Waals surface area contributed by atoms with E-state index in [1.807, 2.05) is 0 Å². The molecule has 0 fully saturated rings. The normalized spacial score (nSPS) is 18.7. The van der Waals surface area contributed by atoms with E-state index in [9.17, 15) is 4.79 Å². The minimum absolute atomic E-state index is 0.305. The number of hydrazone groups is 1. The lowest BCUT2D eigenvalue weighted by Crippen LogP contribution is -2.36. The van der Waals surface area contributed by atoms with Crippen LogP contribution in [0.4, 0.5) is 5.82 Å². The Hall–Kier alpha value is -1.56. The number of hydrogen-bond acceptors (Lipinski definition) is 5. The highest BCUT2D eigenvalue weighted by Crippen LogP contribution is 2.28. The van der Waals surface area contributed by atoms with Crippen molar-refractivity contribution in [1.82, 2.24) is 4.98 Å². The fourth-order valence-corrected chi connectivity index (χ4v) is 1.90. The lowest BCUT2D eigenvalue weighted by molar-refractivity contribution is -0.144. The molecular formula is C11H11BClN3O2. The number of halogens is 1. The van der Waals surface area contributed by atoms with Crippen LogP contribution in [-0.4, -0.2) is 37.1 Å². The standard InChI is InChI=1S/C11H11BClN3O2/c1-2-18-11(17)8-6-9(12)15-16(8)10-7(13)4-3-5-14-10/h3-5,8H,2,6H2,1H3. The third-order valence-electron chi connectivity index (χ3n) is 2.45. The molecule has 18 heavy (non-hydrogen) atoms. The molecule has 1 aromatic heterocycles. The van der Waals surface area contributed by atoms with Gasteiger partial charge in [0.2, 0.25) is 0 Å². The predicted molar refractivity (Wildman–Crippen MR) is 70.0 cm³/mol. The molecule has 1 aliphatic rings. The van der Waals surface area contributed by atoms with E-state index in [2.05, 4.69) is 10.1 Å². The van der Waals surface area contributed by atoms with Crippen molar-refractivity contribution in [3.05, 3.63) is 23.4 Å². The van der Waals surface area contributed by atoms with Crippen molar-refractivity contribution >= 4 is 36.8 Å². The van der Waals surface area contributed by atoms with Gasteiger partial charge in [0, 0.05) is 12.6 Å². The van der Waals surface area contributed by atoms with Crippen LogP contribution in [0, 0.1) is 0 Å². The summed E-state index contributed by atoms with van der Waals surface area (Å²) in [6, 6.07) is 2.78. The highest BCUT2D eigenvalue weighted by molar-refractivity contribution is 6.60. The summed E-state index contributed by atoms with van der Waals surface area (Å²) in [5.41, 5.74) is 0.356. The number of aromatic nitrogens is 1. The van der Waals surface area contributed by atoms with Crippen LogP contribution in [0.5, 0.6) is 0 Å². The van der Waals surface area contributed by atoms with Crippen LogP contribution in [0.25, 0.3) is 0 Å². The van der Waals surface area contributed by atoms with Gasteiger partial charge in [-0.2, -0.15) is 5.10 Å². The molecule has 1 unspecified atom stereocenters. The van der Waals surface area contributed by atoms with Crippen LogP contribution < -0.4 is 5.01 Å². The molecule has 7 heteroatoms. The van der Waals surface area contributed by atoms with Crippen molar-refractivity contribution in [3.63, 3.8) is 0 Å². The number of pyridine rings is 1. The number of rotatable bonds is 3. The SMILES string of the molecule is [B]C1=NN(c2ncccc2Cl)C(C(=O)OCC)C1. The van der Waals surface area contributed by atoms with E-state index in [1.54, 1.807) is 25.3 Å². The lowest BCUT2D eigenvalue weighted by Gasteiger charge is -2.21. The first-order chi connectivity index (χ1) is 8.63. The zero-order chi connectivity index (χ0) is 13.1. The largest absolute Gasteiger partial charge is 0.464 e. The van der Waals surface area contributed by atoms with Gasteiger partial charge in [-0.15, -0.1) is 0 Å². The Morgan fingerprint density at radius 2 is 2.50 bits per heavy atom. The molecule has 0 saturated carbocycles. The van der Waals surface area contributed by atoms with Crippen LogP contribution >= 0.6 is 11.6 Å². The fraction of sp³-hybridized carbons (Fsp3) is 0.364. The second-order valence-corrected chi connectivity index (χ2v) is 4.12. The Balaban J connectivity index is 2.29. The lowest BCUT2D eigenvalue weighted by atomic mass is 9.96. The summed E-state index contributed by atoms with van der Waals surface area (Å²) in [5.74, 6) is 0.0149. The van der Waals surface area contributed by atoms with E-state index in [0.29, 0.717) is 29.5 Å². The minimum Gasteiger partial charge on any atom is -0.464 e. The van der Waals surface area contributed by atoms with Crippen molar-refractivity contribution in [2.24, 2.45) is 5.10 Å². The first kappa shape index (κ1) is 12.9. The molecule has 0 spiro atoms. The van der Waals surface area contributed by atoms with Crippen LogP contribution in [0.15, 0.2) is 23.4 Å². The second kappa shape index (κ2) is 5.39. The number of anilines is 1. The van der Waals surface area contributed by atoms with Gasteiger partial charge in [-0.25, -0.2) is 14.8 Å². The molecule has 0 N–H and O–H groups in total. The Morgan fingerprint density at radius 3 is 3.17 bits per heavy atom. The van der Waals surface area contributed by atoms with Gasteiger partial charge in [0.05, 0.1) is 11.6 Å². The maximum absolute atomic E-state index is 11.8. The zero-order valence-corrected chi connectivity index (χ0v) is 10.6. The summed E-state index contributed by atoms with van der Waals surface area (Å²) >= 11 is 6.03. The molecule has 2 rings (SSSR count). The first-order valence-electron chi connectivity index (χ1n) is 5.52. The quantitative estimate of drug-likeness (QED) is 0.610. The van der Waals surface area contributed by atoms with E-state index in [4.69, 9.17) is 24.2 Å². The van der Waals surface area contributed by atoms with E-state index >= 15 is 0 Å². The number of hydrogen-bond donors (Lipinski definition) is 0. The van der Waals surface area contributed by atoms with Gasteiger partial charge in [-0.05, 0) is 24.7 Å². The third kappa shape index (κ3) is 2.48. The summed E-state index contributed by atoms with van der Waals surface area (Å²) in [7, 11) is 5.67. The summed E-state index contributed by atoms with van der Waals surface area (Å²) in [6.07, 6.45) is 1.89. The summed E-state index contributed by atoms with van der Waals surface area (Å²) in [5, 5.41) is 5.90. The average molecular weight is 263 g/mol. The summed E-state index contributed by atoms with van der Waals surface area (Å²) in [6.45, 7) is 2.05. The van der Waals surface area contributed by atoms with Gasteiger partial charge in [0.15, 0.2) is 11.9 Å². The zero-order valence-electron chi connectivity index (χ0n) is 9.84. The molecule has 0 aromatic carbocycles. The number of carbonyl (C=O) groups excluding carboxylic acids is 1. The van der Waals surface area contributed by atoms with Gasteiger partial charge in [0.1, 0.15) is 7.85 Å². The topological polar surface area (TPSA) is 54.8 Å².